The SMILES string of the molecule is Oc1cc([C+](c2ccccc2)c2ccccc2)cc([C-](c2ccccc2)c2ccccc2)c1. The maximum Gasteiger partial charge on any atom is 0.116 e. The van der Waals surface area contributed by atoms with Gasteiger partial charge in [-0.1, -0.05) is 108 Å². The van der Waals surface area contributed by atoms with E-state index >= 15 is 0 Å². The van der Waals surface area contributed by atoms with E-state index in [1.165, 1.54) is 0 Å². The zero-order valence-corrected chi connectivity index (χ0v) is 18.2. The fourth-order valence-electron chi connectivity index (χ4n) is 4.32. The maximum atomic E-state index is 10.9. The van der Waals surface area contributed by atoms with Gasteiger partial charge in [-0.2, -0.15) is 0 Å². The molecule has 0 aromatic heterocycles. The summed E-state index contributed by atoms with van der Waals surface area (Å²) in [5.41, 5.74) is 6.41. The minimum atomic E-state index is 0.247. The van der Waals surface area contributed by atoms with Crippen molar-refractivity contribution >= 4 is 0 Å². The molecule has 0 saturated heterocycles. The van der Waals surface area contributed by atoms with Crippen LogP contribution in [0.3, 0.4) is 0 Å². The number of hydrogen-bond acceptors (Lipinski definition) is 1. The molecule has 158 valence electrons. The van der Waals surface area contributed by atoms with Crippen LogP contribution in [0.5, 0.6) is 5.75 Å². The van der Waals surface area contributed by atoms with Crippen molar-refractivity contribution in [2.75, 3.05) is 0 Å². The second-order valence-electron chi connectivity index (χ2n) is 7.98. The Bertz CT molecular complexity index is 1120. The quantitative estimate of drug-likeness (QED) is 0.222. The molecule has 0 spiro atoms. The Labute approximate surface area is 195 Å². The largest absolute Gasteiger partial charge is 0.508 e. The van der Waals surface area contributed by atoms with Crippen molar-refractivity contribution in [3.8, 4) is 5.75 Å². The van der Waals surface area contributed by atoms with Crippen LogP contribution in [0.1, 0.15) is 33.4 Å². The van der Waals surface area contributed by atoms with Crippen LogP contribution in [0, 0.1) is 11.8 Å². The highest BCUT2D eigenvalue weighted by Crippen LogP contribution is 2.38. The summed E-state index contributed by atoms with van der Waals surface area (Å²) in [6.45, 7) is 0. The van der Waals surface area contributed by atoms with Gasteiger partial charge in [0.15, 0.2) is 0 Å². The van der Waals surface area contributed by atoms with Crippen LogP contribution >= 0.6 is 0 Å². The van der Waals surface area contributed by atoms with Gasteiger partial charge >= 0.3 is 0 Å². The van der Waals surface area contributed by atoms with E-state index in [0.717, 1.165) is 45.2 Å². The molecule has 33 heavy (non-hydrogen) atoms. The third kappa shape index (κ3) is 4.49. The van der Waals surface area contributed by atoms with Crippen LogP contribution in [-0.2, 0) is 0 Å². The van der Waals surface area contributed by atoms with Gasteiger partial charge in [-0.15, -0.1) is 0 Å². The van der Waals surface area contributed by atoms with Crippen LogP contribution < -0.4 is 0 Å². The van der Waals surface area contributed by atoms with Crippen molar-refractivity contribution in [2.24, 2.45) is 0 Å². The molecule has 0 aliphatic rings. The number of phenols is 1. The minimum absolute atomic E-state index is 0.247. The highest BCUT2D eigenvalue weighted by molar-refractivity contribution is 5.64. The molecule has 5 aromatic carbocycles. The normalized spacial score (nSPS) is 10.5. The lowest BCUT2D eigenvalue weighted by atomic mass is 9.80. The van der Waals surface area contributed by atoms with E-state index in [2.05, 4.69) is 54.6 Å². The van der Waals surface area contributed by atoms with E-state index in [1.54, 1.807) is 0 Å². The molecule has 0 bridgehead atoms. The number of aromatic hydroxyl groups is 1. The van der Waals surface area contributed by atoms with Gasteiger partial charge < -0.3 is 5.11 Å². The first-order chi connectivity index (χ1) is 16.3. The van der Waals surface area contributed by atoms with Crippen molar-refractivity contribution in [3.05, 3.63) is 185 Å². The Morgan fingerprint density at radius 2 is 0.848 bits per heavy atom. The molecule has 1 N–H and O–H groups in total. The highest BCUT2D eigenvalue weighted by Gasteiger charge is 2.23. The van der Waals surface area contributed by atoms with E-state index in [0.29, 0.717) is 0 Å². The Balaban J connectivity index is 1.69. The lowest BCUT2D eigenvalue weighted by Gasteiger charge is -2.26. The van der Waals surface area contributed by atoms with Gasteiger partial charge in [0.05, 0.1) is 17.0 Å². The summed E-state index contributed by atoms with van der Waals surface area (Å²) < 4.78 is 0. The minimum Gasteiger partial charge on any atom is -0.508 e. The molecule has 1 heteroatoms. The number of benzene rings is 5. The molecule has 1 nitrogen and oxygen atoms in total. The van der Waals surface area contributed by atoms with E-state index in [1.807, 2.05) is 84.9 Å². The third-order valence-electron chi connectivity index (χ3n) is 5.74. The fraction of sp³-hybridized carbons (Fsp3) is 0. The van der Waals surface area contributed by atoms with Crippen molar-refractivity contribution in [2.45, 2.75) is 0 Å². The summed E-state index contributed by atoms with van der Waals surface area (Å²) >= 11 is 0. The van der Waals surface area contributed by atoms with Gasteiger partial charge in [0, 0.05) is 11.6 Å². The Kier molecular flexibility index (Phi) is 5.86. The standard InChI is InChI=1S/C32H24O/c33-30-22-28(31(24-13-5-1-6-14-24)25-15-7-2-8-16-25)21-29(23-30)32(26-17-9-3-10-18-26)27-19-11-4-12-20-27/h1-23,33H. The van der Waals surface area contributed by atoms with Crippen LogP contribution in [0.25, 0.3) is 0 Å². The molecule has 0 saturated carbocycles. The molecule has 0 aliphatic carbocycles. The van der Waals surface area contributed by atoms with Crippen LogP contribution in [0.4, 0.5) is 0 Å². The average molecular weight is 425 g/mol. The van der Waals surface area contributed by atoms with Gasteiger partial charge in [0.25, 0.3) is 0 Å². The smallest absolute Gasteiger partial charge is 0.116 e. The molecular formula is C32H24O. The Morgan fingerprint density at radius 1 is 0.424 bits per heavy atom. The monoisotopic (exact) mass is 424 g/mol. The lowest BCUT2D eigenvalue weighted by molar-refractivity contribution is 0.474. The van der Waals surface area contributed by atoms with Crippen molar-refractivity contribution in [3.63, 3.8) is 0 Å². The summed E-state index contributed by atoms with van der Waals surface area (Å²) in [5.74, 6) is 2.43. The predicted molar refractivity (Wildman–Crippen MR) is 135 cm³/mol. The molecule has 0 aliphatic heterocycles. The van der Waals surface area contributed by atoms with Crippen LogP contribution in [-0.4, -0.2) is 5.11 Å². The van der Waals surface area contributed by atoms with Gasteiger partial charge in [-0.05, 0) is 48.5 Å². The fourth-order valence-corrected chi connectivity index (χ4v) is 4.32. The van der Waals surface area contributed by atoms with Crippen LogP contribution in [0.2, 0.25) is 0 Å². The number of rotatable bonds is 6. The lowest BCUT2D eigenvalue weighted by Crippen LogP contribution is -2.08. The summed E-state index contributed by atoms with van der Waals surface area (Å²) in [6, 6.07) is 47.3. The molecule has 5 aromatic rings. The first kappa shape index (κ1) is 20.5. The Morgan fingerprint density at radius 3 is 1.30 bits per heavy atom. The molecule has 0 radical (unpaired) electrons. The van der Waals surface area contributed by atoms with E-state index in [9.17, 15) is 5.11 Å². The van der Waals surface area contributed by atoms with Crippen molar-refractivity contribution < 1.29 is 5.11 Å². The zero-order chi connectivity index (χ0) is 22.5. The third-order valence-corrected chi connectivity index (χ3v) is 5.74. The topological polar surface area (TPSA) is 20.2 Å². The first-order valence-corrected chi connectivity index (χ1v) is 11.1. The second kappa shape index (κ2) is 9.42. The van der Waals surface area contributed by atoms with Gasteiger partial charge in [-0.25, -0.2) is 0 Å². The molecule has 0 amide bonds. The number of hydrogen-bond donors (Lipinski definition) is 1. The van der Waals surface area contributed by atoms with Crippen LogP contribution in [0.15, 0.2) is 140 Å². The molecule has 0 atom stereocenters. The zero-order valence-electron chi connectivity index (χ0n) is 18.2. The molecular weight excluding hydrogens is 400 g/mol. The van der Waals surface area contributed by atoms with Gasteiger partial charge in [0.1, 0.15) is 5.75 Å². The summed E-state index contributed by atoms with van der Waals surface area (Å²) in [6.07, 6.45) is 0. The number of phenolic OH excluding ortho intramolecular Hbond substituents is 1. The predicted octanol–water partition coefficient (Wildman–Crippen LogP) is 7.43. The summed E-state index contributed by atoms with van der Waals surface area (Å²) in [7, 11) is 0. The molecule has 0 heterocycles. The summed E-state index contributed by atoms with van der Waals surface area (Å²) in [5, 5.41) is 10.9. The second-order valence-corrected chi connectivity index (χ2v) is 7.98. The molecule has 0 unspecified atom stereocenters. The molecule has 5 rings (SSSR count). The first-order valence-electron chi connectivity index (χ1n) is 11.1. The Hall–Kier alpha value is -4.36. The highest BCUT2D eigenvalue weighted by atomic mass is 16.3. The van der Waals surface area contributed by atoms with E-state index < -0.39 is 0 Å². The maximum absolute atomic E-state index is 10.9. The average Bonchev–Trinajstić information content (AvgIpc) is 2.87. The molecule has 0 fully saturated rings. The van der Waals surface area contributed by atoms with Crippen molar-refractivity contribution in [1.29, 1.82) is 0 Å². The summed E-state index contributed by atoms with van der Waals surface area (Å²) in [4.78, 5) is 0. The van der Waals surface area contributed by atoms with Gasteiger partial charge in [0.2, 0.25) is 0 Å². The van der Waals surface area contributed by atoms with E-state index in [4.69, 9.17) is 0 Å². The van der Waals surface area contributed by atoms with E-state index in [-0.39, 0.29) is 5.75 Å². The van der Waals surface area contributed by atoms with Crippen molar-refractivity contribution in [1.82, 2.24) is 0 Å². The van der Waals surface area contributed by atoms with Gasteiger partial charge in [-0.3, -0.25) is 0 Å².